The lowest BCUT2D eigenvalue weighted by Gasteiger charge is -2.30. The predicted octanol–water partition coefficient (Wildman–Crippen LogP) is 3.72. The van der Waals surface area contributed by atoms with E-state index in [1.54, 1.807) is 0 Å². The minimum absolute atomic E-state index is 0.234. The minimum atomic E-state index is 0.234. The molecule has 4 heteroatoms. The van der Waals surface area contributed by atoms with E-state index in [1.165, 1.54) is 25.7 Å². The molecule has 24 heavy (non-hydrogen) atoms. The van der Waals surface area contributed by atoms with E-state index in [1.807, 2.05) is 0 Å². The second kappa shape index (κ2) is 10.7. The second-order valence-electron chi connectivity index (χ2n) is 7.75. The van der Waals surface area contributed by atoms with Crippen LogP contribution in [0.25, 0.3) is 0 Å². The number of rotatable bonds is 10. The van der Waals surface area contributed by atoms with Crippen molar-refractivity contribution in [2.75, 3.05) is 26.2 Å². The molecule has 0 aliphatic heterocycles. The van der Waals surface area contributed by atoms with E-state index >= 15 is 0 Å². The first-order valence-corrected chi connectivity index (χ1v) is 9.91. The molecule has 0 aromatic carbocycles. The van der Waals surface area contributed by atoms with Crippen LogP contribution >= 0.6 is 0 Å². The number of nitriles is 2. The summed E-state index contributed by atoms with van der Waals surface area (Å²) in [5.74, 6) is 1.51. The molecule has 0 spiro atoms. The molecule has 2 aliphatic rings. The molecule has 0 aromatic heterocycles. The Hall–Kier alpha value is -1.10. The predicted molar refractivity (Wildman–Crippen MR) is 94.9 cm³/mol. The van der Waals surface area contributed by atoms with Gasteiger partial charge in [0.2, 0.25) is 0 Å². The summed E-state index contributed by atoms with van der Waals surface area (Å²) in [7, 11) is 0. The SMILES string of the molecule is N#CC1CCCC1CN(CCCCCCO)CC1CCCC1C#N. The largest absolute Gasteiger partial charge is 0.396 e. The Morgan fingerprint density at radius 1 is 0.792 bits per heavy atom. The third kappa shape index (κ3) is 5.76. The van der Waals surface area contributed by atoms with Gasteiger partial charge in [0.25, 0.3) is 0 Å². The van der Waals surface area contributed by atoms with Gasteiger partial charge in [0.15, 0.2) is 0 Å². The van der Waals surface area contributed by atoms with Crippen LogP contribution in [0.5, 0.6) is 0 Å². The van der Waals surface area contributed by atoms with Gasteiger partial charge in [-0.1, -0.05) is 25.7 Å². The third-order valence-corrected chi connectivity index (χ3v) is 6.02. The zero-order valence-corrected chi connectivity index (χ0v) is 15.0. The lowest BCUT2D eigenvalue weighted by molar-refractivity contribution is 0.176. The number of hydrogen-bond acceptors (Lipinski definition) is 4. The van der Waals surface area contributed by atoms with Crippen molar-refractivity contribution >= 4 is 0 Å². The molecule has 4 unspecified atom stereocenters. The maximum absolute atomic E-state index is 9.35. The van der Waals surface area contributed by atoms with Crippen LogP contribution in [0.1, 0.15) is 64.2 Å². The average molecular weight is 332 g/mol. The van der Waals surface area contributed by atoms with Gasteiger partial charge in [-0.25, -0.2) is 0 Å². The monoisotopic (exact) mass is 331 g/mol. The maximum Gasteiger partial charge on any atom is 0.0659 e. The molecule has 1 N–H and O–H groups in total. The number of nitrogens with zero attached hydrogens (tertiary/aromatic N) is 3. The molecule has 0 radical (unpaired) electrons. The van der Waals surface area contributed by atoms with Crippen molar-refractivity contribution in [1.82, 2.24) is 4.90 Å². The minimum Gasteiger partial charge on any atom is -0.396 e. The highest BCUT2D eigenvalue weighted by atomic mass is 16.2. The Balaban J connectivity index is 1.85. The first-order valence-electron chi connectivity index (χ1n) is 9.91. The average Bonchev–Trinajstić information content (AvgIpc) is 3.23. The van der Waals surface area contributed by atoms with Crippen LogP contribution in [0.2, 0.25) is 0 Å². The topological polar surface area (TPSA) is 71.1 Å². The summed E-state index contributed by atoms with van der Waals surface area (Å²) in [4.78, 5) is 2.56. The molecule has 0 bridgehead atoms. The second-order valence-corrected chi connectivity index (χ2v) is 7.75. The molecule has 4 nitrogen and oxygen atoms in total. The molecule has 2 rings (SSSR count). The molecule has 0 heterocycles. The van der Waals surface area contributed by atoms with Crippen molar-refractivity contribution in [2.45, 2.75) is 64.2 Å². The van der Waals surface area contributed by atoms with E-state index in [4.69, 9.17) is 5.11 Å². The van der Waals surface area contributed by atoms with Crippen LogP contribution in [0.15, 0.2) is 0 Å². The van der Waals surface area contributed by atoms with Crippen molar-refractivity contribution in [3.63, 3.8) is 0 Å². The smallest absolute Gasteiger partial charge is 0.0659 e. The highest BCUT2D eigenvalue weighted by Gasteiger charge is 2.32. The lowest BCUT2D eigenvalue weighted by atomic mass is 9.94. The van der Waals surface area contributed by atoms with Gasteiger partial charge in [-0.15, -0.1) is 0 Å². The van der Waals surface area contributed by atoms with Crippen molar-refractivity contribution in [3.8, 4) is 12.1 Å². The van der Waals surface area contributed by atoms with Crippen LogP contribution in [-0.2, 0) is 0 Å². The van der Waals surface area contributed by atoms with Crippen LogP contribution in [0.4, 0.5) is 0 Å². The summed E-state index contributed by atoms with van der Waals surface area (Å²) in [5, 5.41) is 27.6. The normalized spacial score (nSPS) is 29.7. The summed E-state index contributed by atoms with van der Waals surface area (Å²) in [5.41, 5.74) is 0. The van der Waals surface area contributed by atoms with E-state index in [0.29, 0.717) is 18.4 Å². The fourth-order valence-corrected chi connectivity index (χ4v) is 4.57. The Labute approximate surface area is 147 Å². The molecule has 0 aromatic rings. The Morgan fingerprint density at radius 2 is 1.33 bits per heavy atom. The van der Waals surface area contributed by atoms with Gasteiger partial charge in [0, 0.05) is 19.7 Å². The van der Waals surface area contributed by atoms with Crippen LogP contribution in [0, 0.1) is 46.3 Å². The van der Waals surface area contributed by atoms with Crippen molar-refractivity contribution < 1.29 is 5.11 Å². The number of hydrogen-bond donors (Lipinski definition) is 1. The van der Waals surface area contributed by atoms with Crippen LogP contribution in [-0.4, -0.2) is 36.2 Å². The van der Waals surface area contributed by atoms with E-state index in [-0.39, 0.29) is 11.8 Å². The first kappa shape index (κ1) is 19.2. The Morgan fingerprint density at radius 3 is 1.83 bits per heavy atom. The van der Waals surface area contributed by atoms with Gasteiger partial charge in [0.1, 0.15) is 0 Å². The van der Waals surface area contributed by atoms with Gasteiger partial charge in [-0.05, 0) is 56.9 Å². The molecule has 2 aliphatic carbocycles. The Kier molecular flexibility index (Phi) is 8.57. The molecule has 4 atom stereocenters. The molecule has 2 saturated carbocycles. The molecule has 0 saturated heterocycles. The molecular weight excluding hydrogens is 298 g/mol. The molecule has 2 fully saturated rings. The van der Waals surface area contributed by atoms with Gasteiger partial charge >= 0.3 is 0 Å². The quantitative estimate of drug-likeness (QED) is 0.619. The summed E-state index contributed by atoms with van der Waals surface area (Å²) >= 11 is 0. The summed E-state index contributed by atoms with van der Waals surface area (Å²) < 4.78 is 0. The van der Waals surface area contributed by atoms with Gasteiger partial charge in [-0.3, -0.25) is 0 Å². The molecular formula is C20H33N3O. The maximum atomic E-state index is 9.35. The van der Waals surface area contributed by atoms with E-state index in [0.717, 1.165) is 58.2 Å². The standard InChI is InChI=1S/C20H33N3O/c21-13-17-7-5-9-19(17)15-23(11-3-1-2-4-12-24)16-20-10-6-8-18(20)14-22/h17-20,24H,1-12,15-16H2. The van der Waals surface area contributed by atoms with Crippen LogP contribution in [0.3, 0.4) is 0 Å². The fraction of sp³-hybridized carbons (Fsp3) is 0.900. The zero-order valence-electron chi connectivity index (χ0n) is 15.0. The van der Waals surface area contributed by atoms with E-state index in [9.17, 15) is 10.5 Å². The van der Waals surface area contributed by atoms with Gasteiger partial charge in [-0.2, -0.15) is 10.5 Å². The van der Waals surface area contributed by atoms with Crippen LogP contribution < -0.4 is 0 Å². The summed E-state index contributed by atoms with van der Waals surface area (Å²) in [6.45, 7) is 3.44. The Bertz CT molecular complexity index is 405. The van der Waals surface area contributed by atoms with Crippen molar-refractivity contribution in [3.05, 3.63) is 0 Å². The van der Waals surface area contributed by atoms with E-state index in [2.05, 4.69) is 17.0 Å². The van der Waals surface area contributed by atoms with Gasteiger partial charge in [0.05, 0.1) is 24.0 Å². The first-order chi connectivity index (χ1) is 11.8. The summed E-state index contributed by atoms with van der Waals surface area (Å²) in [6, 6.07) is 5.02. The van der Waals surface area contributed by atoms with Crippen molar-refractivity contribution in [1.29, 1.82) is 10.5 Å². The molecule has 0 amide bonds. The van der Waals surface area contributed by atoms with Gasteiger partial charge < -0.3 is 10.0 Å². The lowest BCUT2D eigenvalue weighted by Crippen LogP contribution is -2.36. The fourth-order valence-electron chi connectivity index (χ4n) is 4.57. The zero-order chi connectivity index (χ0) is 17.2. The number of aliphatic hydroxyl groups excluding tert-OH is 1. The van der Waals surface area contributed by atoms with E-state index < -0.39 is 0 Å². The number of unbranched alkanes of at least 4 members (excludes halogenated alkanes) is 3. The number of aliphatic hydroxyl groups is 1. The highest BCUT2D eigenvalue weighted by Crippen LogP contribution is 2.34. The van der Waals surface area contributed by atoms with Crippen molar-refractivity contribution in [2.24, 2.45) is 23.7 Å². The molecule has 134 valence electrons. The highest BCUT2D eigenvalue weighted by molar-refractivity contribution is 4.96. The third-order valence-electron chi connectivity index (χ3n) is 6.02. The summed E-state index contributed by atoms with van der Waals surface area (Å²) in [6.07, 6.45) is 11.2.